The van der Waals surface area contributed by atoms with Crippen molar-refractivity contribution in [3.05, 3.63) is 29.8 Å². The van der Waals surface area contributed by atoms with Gasteiger partial charge in [0.2, 0.25) is 11.8 Å². The Morgan fingerprint density at radius 2 is 2.10 bits per heavy atom. The van der Waals surface area contributed by atoms with E-state index in [2.05, 4.69) is 31.8 Å². The number of fused-ring (bicyclic) bond motifs is 1. The van der Waals surface area contributed by atoms with Crippen molar-refractivity contribution in [1.29, 1.82) is 0 Å². The lowest BCUT2D eigenvalue weighted by atomic mass is 10.0. The van der Waals surface area contributed by atoms with E-state index in [0.29, 0.717) is 11.8 Å². The molecule has 1 aliphatic carbocycles. The summed E-state index contributed by atoms with van der Waals surface area (Å²) in [6, 6.07) is 7.57. The second-order valence-corrected chi connectivity index (χ2v) is 5.78. The average molecular weight is 336 g/mol. The summed E-state index contributed by atoms with van der Waals surface area (Å²) in [4.78, 5) is 22.9. The zero-order chi connectivity index (χ0) is 14.1. The van der Waals surface area contributed by atoms with E-state index in [4.69, 9.17) is 0 Å². The second kappa shape index (κ2) is 5.36. The minimum Gasteiger partial charge on any atom is -0.326 e. The molecule has 2 N–H and O–H groups in total. The van der Waals surface area contributed by atoms with Crippen molar-refractivity contribution in [3.63, 3.8) is 0 Å². The number of carbonyl (C=O) groups excluding carboxylic acids is 2. The Bertz CT molecular complexity index is 583. The first-order chi connectivity index (χ1) is 9.69. The molecule has 1 heterocycles. The predicted octanol–water partition coefficient (Wildman–Crippen LogP) is 1.88. The summed E-state index contributed by atoms with van der Waals surface area (Å²) in [5, 5.41) is 7.62. The van der Waals surface area contributed by atoms with Crippen LogP contribution in [0.5, 0.6) is 0 Å². The van der Waals surface area contributed by atoms with Gasteiger partial charge in [0.15, 0.2) is 0 Å². The highest BCUT2D eigenvalue weighted by Crippen LogP contribution is 2.43. The molecule has 0 aromatic heterocycles. The SMILES string of the molecule is O=C(CCBr)Nc1ccc(C2=NNC(=O)C3CC23)cc1. The lowest BCUT2D eigenvalue weighted by Crippen LogP contribution is -2.28. The number of nitrogens with zero attached hydrogens (tertiary/aromatic N) is 1. The first kappa shape index (κ1) is 13.3. The van der Waals surface area contributed by atoms with Crippen molar-refractivity contribution in [2.75, 3.05) is 10.6 Å². The Morgan fingerprint density at radius 3 is 2.80 bits per heavy atom. The molecule has 5 nitrogen and oxygen atoms in total. The van der Waals surface area contributed by atoms with Crippen LogP contribution >= 0.6 is 15.9 Å². The molecule has 1 saturated carbocycles. The Balaban J connectivity index is 1.71. The van der Waals surface area contributed by atoms with Gasteiger partial charge in [0.1, 0.15) is 0 Å². The molecule has 1 aromatic carbocycles. The molecule has 1 aromatic rings. The van der Waals surface area contributed by atoms with Gasteiger partial charge < -0.3 is 5.32 Å². The van der Waals surface area contributed by atoms with Crippen LogP contribution in [0.15, 0.2) is 29.4 Å². The van der Waals surface area contributed by atoms with Gasteiger partial charge >= 0.3 is 0 Å². The van der Waals surface area contributed by atoms with Crippen LogP contribution in [0.4, 0.5) is 5.69 Å². The smallest absolute Gasteiger partial charge is 0.243 e. The number of rotatable bonds is 4. The number of carbonyl (C=O) groups is 2. The molecule has 2 amide bonds. The molecule has 2 unspecified atom stereocenters. The van der Waals surface area contributed by atoms with Crippen LogP contribution in [0.3, 0.4) is 0 Å². The van der Waals surface area contributed by atoms with Gasteiger partial charge in [-0.2, -0.15) is 5.10 Å². The molecule has 3 rings (SSSR count). The average Bonchev–Trinajstić information content (AvgIpc) is 3.22. The summed E-state index contributed by atoms with van der Waals surface area (Å²) in [7, 11) is 0. The van der Waals surface area contributed by atoms with Crippen LogP contribution in [0.1, 0.15) is 18.4 Å². The van der Waals surface area contributed by atoms with E-state index in [1.54, 1.807) is 0 Å². The molecular weight excluding hydrogens is 322 g/mol. The molecule has 2 atom stereocenters. The summed E-state index contributed by atoms with van der Waals surface area (Å²) in [5.74, 6) is 0.370. The number of anilines is 1. The number of hydrazone groups is 1. The van der Waals surface area contributed by atoms with E-state index in [9.17, 15) is 9.59 Å². The molecule has 6 heteroatoms. The highest BCUT2D eigenvalue weighted by atomic mass is 79.9. The van der Waals surface area contributed by atoms with Crippen molar-refractivity contribution < 1.29 is 9.59 Å². The molecule has 20 heavy (non-hydrogen) atoms. The third-order valence-electron chi connectivity index (χ3n) is 3.55. The first-order valence-electron chi connectivity index (χ1n) is 6.52. The van der Waals surface area contributed by atoms with Crippen LogP contribution in [0.2, 0.25) is 0 Å². The lowest BCUT2D eigenvalue weighted by Gasteiger charge is -2.12. The summed E-state index contributed by atoms with van der Waals surface area (Å²) in [6.45, 7) is 0. The van der Waals surface area contributed by atoms with Gasteiger partial charge in [0, 0.05) is 29.3 Å². The van der Waals surface area contributed by atoms with Crippen LogP contribution in [-0.4, -0.2) is 22.9 Å². The molecule has 1 aliphatic heterocycles. The summed E-state index contributed by atoms with van der Waals surface area (Å²) < 4.78 is 0. The fourth-order valence-corrected chi connectivity index (χ4v) is 2.74. The maximum atomic E-state index is 11.5. The number of alkyl halides is 1. The van der Waals surface area contributed by atoms with Gasteiger partial charge in [-0.05, 0) is 24.1 Å². The molecule has 0 spiro atoms. The molecule has 0 saturated heterocycles. The monoisotopic (exact) mass is 335 g/mol. The fourth-order valence-electron chi connectivity index (χ4n) is 2.38. The number of hydrogen-bond acceptors (Lipinski definition) is 3. The van der Waals surface area contributed by atoms with E-state index in [-0.39, 0.29) is 23.7 Å². The normalized spacial score (nSPS) is 23.4. The number of nitrogens with one attached hydrogen (secondary N) is 2. The van der Waals surface area contributed by atoms with Gasteiger partial charge in [-0.3, -0.25) is 9.59 Å². The van der Waals surface area contributed by atoms with Crippen LogP contribution in [-0.2, 0) is 9.59 Å². The molecule has 104 valence electrons. The fraction of sp³-hybridized carbons (Fsp3) is 0.357. The Kier molecular flexibility index (Phi) is 3.56. The van der Waals surface area contributed by atoms with Gasteiger partial charge in [0.25, 0.3) is 0 Å². The van der Waals surface area contributed by atoms with Crippen molar-refractivity contribution in [1.82, 2.24) is 5.43 Å². The van der Waals surface area contributed by atoms with Gasteiger partial charge in [0.05, 0.1) is 5.71 Å². The maximum Gasteiger partial charge on any atom is 0.243 e. The van der Waals surface area contributed by atoms with E-state index in [0.717, 1.165) is 23.4 Å². The largest absolute Gasteiger partial charge is 0.326 e. The van der Waals surface area contributed by atoms with Crippen LogP contribution < -0.4 is 10.7 Å². The Hall–Kier alpha value is -1.69. The van der Waals surface area contributed by atoms with Crippen molar-refractivity contribution >= 4 is 39.1 Å². The molecule has 0 radical (unpaired) electrons. The lowest BCUT2D eigenvalue weighted by molar-refractivity contribution is -0.122. The van der Waals surface area contributed by atoms with Gasteiger partial charge in [-0.1, -0.05) is 28.1 Å². The minimum atomic E-state index is -0.0147. The molecular formula is C14H14BrN3O2. The molecule has 2 aliphatic rings. The van der Waals surface area contributed by atoms with Gasteiger partial charge in [-0.25, -0.2) is 5.43 Å². The van der Waals surface area contributed by atoms with Gasteiger partial charge in [-0.15, -0.1) is 0 Å². The zero-order valence-corrected chi connectivity index (χ0v) is 12.3. The Labute approximate surface area is 124 Å². The minimum absolute atomic E-state index is 0.0147. The van der Waals surface area contributed by atoms with E-state index in [1.807, 2.05) is 24.3 Å². The summed E-state index contributed by atoms with van der Waals surface area (Å²) >= 11 is 3.23. The number of benzene rings is 1. The topological polar surface area (TPSA) is 70.6 Å². The molecule has 1 fully saturated rings. The van der Waals surface area contributed by atoms with Crippen molar-refractivity contribution in [2.24, 2.45) is 16.9 Å². The van der Waals surface area contributed by atoms with E-state index < -0.39 is 0 Å². The number of amides is 2. The van der Waals surface area contributed by atoms with E-state index >= 15 is 0 Å². The highest BCUT2D eigenvalue weighted by molar-refractivity contribution is 9.09. The van der Waals surface area contributed by atoms with Crippen LogP contribution in [0.25, 0.3) is 0 Å². The second-order valence-electron chi connectivity index (χ2n) is 4.99. The first-order valence-corrected chi connectivity index (χ1v) is 7.65. The molecule has 0 bridgehead atoms. The quantitative estimate of drug-likeness (QED) is 0.824. The van der Waals surface area contributed by atoms with Crippen molar-refractivity contribution in [2.45, 2.75) is 12.8 Å². The van der Waals surface area contributed by atoms with Crippen LogP contribution in [0, 0.1) is 11.8 Å². The maximum absolute atomic E-state index is 11.5. The zero-order valence-electron chi connectivity index (χ0n) is 10.7. The Morgan fingerprint density at radius 1 is 1.35 bits per heavy atom. The third-order valence-corrected chi connectivity index (χ3v) is 3.95. The number of halogens is 1. The summed E-state index contributed by atoms with van der Waals surface area (Å²) in [5.41, 5.74) is 5.26. The number of hydrogen-bond donors (Lipinski definition) is 2. The third kappa shape index (κ3) is 2.60. The summed E-state index contributed by atoms with van der Waals surface area (Å²) in [6.07, 6.45) is 1.33. The predicted molar refractivity (Wildman–Crippen MR) is 79.8 cm³/mol. The van der Waals surface area contributed by atoms with Crippen molar-refractivity contribution in [3.8, 4) is 0 Å². The highest BCUT2D eigenvalue weighted by Gasteiger charge is 2.49. The standard InChI is InChI=1S/C14H14BrN3O2/c15-6-5-12(19)16-9-3-1-8(2-4-9)13-10-7-11(10)14(20)18-17-13/h1-4,10-11H,5-7H2,(H,16,19)(H,18,20). The van der Waals surface area contributed by atoms with E-state index in [1.165, 1.54) is 0 Å².